The van der Waals surface area contributed by atoms with E-state index in [-0.39, 0.29) is 6.10 Å². The third kappa shape index (κ3) is 3.98. The van der Waals surface area contributed by atoms with E-state index in [0.29, 0.717) is 17.0 Å². The maximum atomic E-state index is 13.4. The van der Waals surface area contributed by atoms with Crippen LogP contribution in [0.25, 0.3) is 0 Å². The maximum Gasteiger partial charge on any atom is 0.348 e. The number of quaternary nitrogens is 1. The average Bonchev–Trinajstić information content (AvgIpc) is 3.54. The second-order valence-corrected chi connectivity index (χ2v) is 10.5. The third-order valence-corrected chi connectivity index (χ3v) is 8.56. The number of carbonyl (C=O) groups is 1. The van der Waals surface area contributed by atoms with E-state index in [1.165, 1.54) is 28.2 Å². The van der Waals surface area contributed by atoms with Gasteiger partial charge in [-0.05, 0) is 39.2 Å². The number of benzene rings is 1. The van der Waals surface area contributed by atoms with Crippen LogP contribution in [0, 0.1) is 5.92 Å². The summed E-state index contributed by atoms with van der Waals surface area (Å²) in [5.41, 5.74) is 0.812. The Morgan fingerprint density at radius 3 is 2.26 bits per heavy atom. The van der Waals surface area contributed by atoms with Gasteiger partial charge in [0.1, 0.15) is 6.54 Å². The summed E-state index contributed by atoms with van der Waals surface area (Å²) in [5, 5.41) is 19.0. The molecule has 3 aromatic rings. The molecule has 5 heterocycles. The molecule has 2 bridgehead atoms. The first kappa shape index (κ1) is 20.9. The molecule has 0 saturated carbocycles. The van der Waals surface area contributed by atoms with E-state index in [1.807, 2.05) is 33.7 Å². The Balaban J connectivity index is 1.33. The van der Waals surface area contributed by atoms with Crippen LogP contribution < -0.4 is 0 Å². The molecule has 0 unspecified atom stereocenters. The fourth-order valence-electron chi connectivity index (χ4n) is 5.25. The van der Waals surface area contributed by atoms with Crippen molar-refractivity contribution in [1.82, 2.24) is 0 Å². The highest BCUT2D eigenvalue weighted by Crippen LogP contribution is 2.39. The summed E-state index contributed by atoms with van der Waals surface area (Å²) in [6.07, 6.45) is 3.08. The van der Waals surface area contributed by atoms with Crippen LogP contribution >= 0.6 is 22.7 Å². The summed E-state index contributed by atoms with van der Waals surface area (Å²) in [4.78, 5) is 13.4. The number of aliphatic hydroxyl groups is 1. The highest BCUT2D eigenvalue weighted by molar-refractivity contribution is 7.08. The SMILES string of the molecule is O=C(O[C@H]1C[N+]2(CCc3ccccc3)CCC1CC2)C(O)(c1ccsc1)c1ccsc1. The van der Waals surface area contributed by atoms with Gasteiger partial charge in [-0.3, -0.25) is 0 Å². The number of nitrogens with zero attached hydrogens (tertiary/aromatic N) is 1. The second kappa shape index (κ2) is 8.51. The van der Waals surface area contributed by atoms with Crippen LogP contribution in [0.5, 0.6) is 0 Å². The van der Waals surface area contributed by atoms with Crippen molar-refractivity contribution >= 4 is 28.6 Å². The zero-order valence-electron chi connectivity index (χ0n) is 17.5. The number of rotatable bonds is 7. The minimum absolute atomic E-state index is 0.130. The van der Waals surface area contributed by atoms with Crippen molar-refractivity contribution in [2.24, 2.45) is 5.92 Å². The summed E-state index contributed by atoms with van der Waals surface area (Å²) in [6.45, 7) is 4.24. The van der Waals surface area contributed by atoms with Gasteiger partial charge in [-0.2, -0.15) is 22.7 Å². The lowest BCUT2D eigenvalue weighted by molar-refractivity contribution is -0.946. The van der Waals surface area contributed by atoms with Crippen molar-refractivity contribution in [2.45, 2.75) is 31.0 Å². The van der Waals surface area contributed by atoms with Crippen LogP contribution in [0.2, 0.25) is 0 Å². The number of piperidine rings is 3. The number of thiophene rings is 2. The third-order valence-electron chi connectivity index (χ3n) is 7.19. The number of hydrogen-bond acceptors (Lipinski definition) is 5. The van der Waals surface area contributed by atoms with E-state index in [1.54, 1.807) is 0 Å². The van der Waals surface area contributed by atoms with Crippen molar-refractivity contribution < 1.29 is 19.1 Å². The quantitative estimate of drug-likeness (QED) is 0.424. The monoisotopic (exact) mass is 454 g/mol. The van der Waals surface area contributed by atoms with E-state index in [9.17, 15) is 9.90 Å². The highest BCUT2D eigenvalue weighted by atomic mass is 32.1. The molecule has 2 aromatic heterocycles. The van der Waals surface area contributed by atoms with Crippen molar-refractivity contribution in [2.75, 3.05) is 26.2 Å². The summed E-state index contributed by atoms with van der Waals surface area (Å²) in [6, 6.07) is 14.3. The van der Waals surface area contributed by atoms with Crippen LogP contribution in [0.3, 0.4) is 0 Å². The Labute approximate surface area is 191 Å². The van der Waals surface area contributed by atoms with E-state index in [4.69, 9.17) is 4.74 Å². The van der Waals surface area contributed by atoms with Gasteiger partial charge in [0, 0.05) is 36.3 Å². The number of fused-ring (bicyclic) bond motifs is 3. The Bertz CT molecular complexity index is 959. The normalized spacial score (nSPS) is 25.5. The lowest BCUT2D eigenvalue weighted by atomic mass is 9.82. The Hall–Kier alpha value is -1.99. The Kier molecular flexibility index (Phi) is 5.73. The molecule has 0 radical (unpaired) electrons. The van der Waals surface area contributed by atoms with Gasteiger partial charge in [0.15, 0.2) is 6.10 Å². The van der Waals surface area contributed by atoms with Gasteiger partial charge in [-0.15, -0.1) is 0 Å². The molecule has 0 amide bonds. The highest BCUT2D eigenvalue weighted by Gasteiger charge is 2.50. The van der Waals surface area contributed by atoms with Crippen LogP contribution in [0.1, 0.15) is 29.5 Å². The molecule has 0 spiro atoms. The standard InChI is InChI=1S/C25H28NO3S2/c27-24(25(28,21-9-14-30-17-21)22-10-15-31-18-22)29-23-16-26(12-7-20(23)8-13-26)11-6-19-4-2-1-3-5-19/h1-5,9-10,14-15,17-18,20,23,28H,6-8,11-13,16H2/q+1/t20?,23-,26?/m0/s1. The smallest absolute Gasteiger partial charge is 0.348 e. The molecule has 162 valence electrons. The molecule has 3 aliphatic heterocycles. The van der Waals surface area contributed by atoms with Crippen molar-refractivity contribution in [3.63, 3.8) is 0 Å². The summed E-state index contributed by atoms with van der Waals surface area (Å²) >= 11 is 2.95. The molecular formula is C25H28NO3S2+. The zero-order valence-corrected chi connectivity index (χ0v) is 19.1. The predicted octanol–water partition coefficient (Wildman–Crippen LogP) is 4.44. The second-order valence-electron chi connectivity index (χ2n) is 8.95. The maximum absolute atomic E-state index is 13.4. The van der Waals surface area contributed by atoms with Crippen LogP contribution in [-0.2, 0) is 21.6 Å². The van der Waals surface area contributed by atoms with Crippen molar-refractivity contribution in [3.05, 3.63) is 80.7 Å². The first-order chi connectivity index (χ1) is 15.1. The number of carbonyl (C=O) groups excluding carboxylic acids is 1. The molecule has 1 aromatic carbocycles. The van der Waals surface area contributed by atoms with Crippen LogP contribution in [-0.4, -0.2) is 47.8 Å². The Morgan fingerprint density at radius 2 is 1.68 bits per heavy atom. The predicted molar refractivity (Wildman–Crippen MR) is 124 cm³/mol. The Morgan fingerprint density at radius 1 is 1.03 bits per heavy atom. The van der Waals surface area contributed by atoms with E-state index < -0.39 is 11.6 Å². The molecule has 6 rings (SSSR count). The van der Waals surface area contributed by atoms with Gasteiger partial charge in [-0.1, -0.05) is 30.3 Å². The molecule has 6 heteroatoms. The molecule has 3 saturated heterocycles. The number of hydrogen-bond donors (Lipinski definition) is 1. The number of esters is 1. The number of ether oxygens (including phenoxy) is 1. The minimum Gasteiger partial charge on any atom is -0.453 e. The largest absolute Gasteiger partial charge is 0.453 e. The molecular weight excluding hydrogens is 426 g/mol. The zero-order chi connectivity index (χ0) is 21.3. The van der Waals surface area contributed by atoms with Gasteiger partial charge in [-0.25, -0.2) is 4.79 Å². The van der Waals surface area contributed by atoms with Crippen LogP contribution in [0.15, 0.2) is 64.0 Å². The summed E-state index contributed by atoms with van der Waals surface area (Å²) < 4.78 is 7.13. The molecule has 3 aliphatic rings. The molecule has 1 N–H and O–H groups in total. The minimum atomic E-state index is -1.74. The lowest BCUT2D eigenvalue weighted by Crippen LogP contribution is -2.65. The molecule has 1 atom stereocenters. The van der Waals surface area contributed by atoms with Crippen LogP contribution in [0.4, 0.5) is 0 Å². The summed E-state index contributed by atoms with van der Waals surface area (Å²) in [5.74, 6) is -0.140. The molecule has 3 fully saturated rings. The molecule has 0 aliphatic carbocycles. The van der Waals surface area contributed by atoms with Gasteiger partial charge in [0.05, 0.1) is 19.6 Å². The van der Waals surface area contributed by atoms with Gasteiger partial charge < -0.3 is 14.3 Å². The van der Waals surface area contributed by atoms with Gasteiger partial charge >= 0.3 is 5.97 Å². The van der Waals surface area contributed by atoms with Gasteiger partial charge in [0.25, 0.3) is 0 Å². The van der Waals surface area contributed by atoms with Crippen molar-refractivity contribution in [3.8, 4) is 0 Å². The fourth-order valence-corrected chi connectivity index (χ4v) is 6.64. The lowest BCUT2D eigenvalue weighted by Gasteiger charge is -2.52. The van der Waals surface area contributed by atoms with E-state index >= 15 is 0 Å². The first-order valence-electron chi connectivity index (χ1n) is 11.0. The van der Waals surface area contributed by atoms with E-state index in [0.717, 1.165) is 49.9 Å². The van der Waals surface area contributed by atoms with E-state index in [2.05, 4.69) is 30.3 Å². The average molecular weight is 455 g/mol. The topological polar surface area (TPSA) is 46.5 Å². The fraction of sp³-hybridized carbons (Fsp3) is 0.400. The van der Waals surface area contributed by atoms with Crippen molar-refractivity contribution in [1.29, 1.82) is 0 Å². The molecule has 4 nitrogen and oxygen atoms in total. The molecule has 31 heavy (non-hydrogen) atoms. The van der Waals surface area contributed by atoms with Gasteiger partial charge in [0.2, 0.25) is 5.60 Å². The first-order valence-corrected chi connectivity index (χ1v) is 12.9. The summed E-state index contributed by atoms with van der Waals surface area (Å²) in [7, 11) is 0.